The molecule has 3 aromatic rings. The summed E-state index contributed by atoms with van der Waals surface area (Å²) in [5.74, 6) is -0.983. The van der Waals surface area contributed by atoms with Gasteiger partial charge in [-0.1, -0.05) is 12.1 Å². The number of carbonyl (C=O) groups excluding carboxylic acids is 1. The number of amides is 1. The first-order valence-electron chi connectivity index (χ1n) is 11.8. The molecule has 2 aliphatic rings. The molecule has 0 saturated heterocycles. The number of benzene rings is 1. The van der Waals surface area contributed by atoms with Gasteiger partial charge in [-0.25, -0.2) is 14.2 Å². The van der Waals surface area contributed by atoms with Gasteiger partial charge < -0.3 is 15.5 Å². The molecule has 1 aliphatic heterocycles. The highest BCUT2D eigenvalue weighted by atomic mass is 32.2. The molecular weight excluding hydrogens is 533 g/mol. The smallest absolute Gasteiger partial charge is 0.330 e. The van der Waals surface area contributed by atoms with Crippen LogP contribution in [0, 0.1) is 11.3 Å². The highest BCUT2D eigenvalue weighted by Gasteiger charge is 2.53. The molecule has 1 amide bonds. The predicted molar refractivity (Wildman–Crippen MR) is 138 cm³/mol. The van der Waals surface area contributed by atoms with Crippen LogP contribution in [0.5, 0.6) is 0 Å². The van der Waals surface area contributed by atoms with Gasteiger partial charge >= 0.3 is 12.1 Å². The molecule has 39 heavy (non-hydrogen) atoms. The maximum atomic E-state index is 13.1. The van der Waals surface area contributed by atoms with Gasteiger partial charge in [0.2, 0.25) is 5.95 Å². The molecular formula is C25H23F3N8O2S. The predicted octanol–water partition coefficient (Wildman–Crippen LogP) is 4.53. The highest BCUT2D eigenvalue weighted by molar-refractivity contribution is 7.92. The lowest BCUT2D eigenvalue weighted by molar-refractivity contribution is -0.187. The van der Waals surface area contributed by atoms with Crippen molar-refractivity contribution in [1.82, 2.24) is 19.9 Å². The van der Waals surface area contributed by atoms with Crippen LogP contribution >= 0.6 is 0 Å². The minimum Gasteiger partial charge on any atom is -0.330 e. The maximum absolute atomic E-state index is 13.1. The second-order valence-corrected chi connectivity index (χ2v) is 12.3. The molecule has 3 heterocycles. The van der Waals surface area contributed by atoms with E-state index in [1.165, 1.54) is 18.7 Å². The number of nitrogens with zero attached hydrogens (tertiary/aromatic N) is 6. The van der Waals surface area contributed by atoms with Gasteiger partial charge in [-0.3, -0.25) is 4.79 Å². The average Bonchev–Trinajstić information content (AvgIpc) is 3.61. The topological polar surface area (TPSA) is 136 Å². The summed E-state index contributed by atoms with van der Waals surface area (Å²) in [5.41, 5.74) is 1.79. The minimum atomic E-state index is -4.93. The SMILES string of the molecule is CS(C)(=O)=Nc1cccc(Nc2nc(Nc3ccc4c(c3)CN(C(=O)C(F)(F)F)CC43CC3)ncc2C#N)n1. The molecule has 202 valence electrons. The summed E-state index contributed by atoms with van der Waals surface area (Å²) in [4.78, 5) is 25.7. The highest BCUT2D eigenvalue weighted by Crippen LogP contribution is 2.53. The lowest BCUT2D eigenvalue weighted by Gasteiger charge is -2.35. The van der Waals surface area contributed by atoms with E-state index in [9.17, 15) is 27.4 Å². The first-order chi connectivity index (χ1) is 18.3. The van der Waals surface area contributed by atoms with Crippen LogP contribution in [0.1, 0.15) is 29.5 Å². The van der Waals surface area contributed by atoms with E-state index in [0.29, 0.717) is 17.1 Å². The molecule has 5 rings (SSSR count). The van der Waals surface area contributed by atoms with Crippen molar-refractivity contribution in [1.29, 1.82) is 5.26 Å². The van der Waals surface area contributed by atoms with Crippen LogP contribution in [0.25, 0.3) is 0 Å². The van der Waals surface area contributed by atoms with Gasteiger partial charge in [0.05, 0.1) is 6.20 Å². The fraction of sp³-hybridized carbons (Fsp3) is 0.320. The Hall–Kier alpha value is -4.25. The van der Waals surface area contributed by atoms with Gasteiger partial charge in [-0.2, -0.15) is 27.8 Å². The van der Waals surface area contributed by atoms with Crippen molar-refractivity contribution in [3.63, 3.8) is 0 Å². The van der Waals surface area contributed by atoms with Gasteiger partial charge in [0.25, 0.3) is 0 Å². The molecule has 0 unspecified atom stereocenters. The lowest BCUT2D eigenvalue weighted by atomic mass is 9.86. The first kappa shape index (κ1) is 26.4. The second-order valence-electron chi connectivity index (χ2n) is 9.78. The van der Waals surface area contributed by atoms with Gasteiger partial charge in [0.15, 0.2) is 11.6 Å². The van der Waals surface area contributed by atoms with Crippen molar-refractivity contribution < 1.29 is 22.2 Å². The van der Waals surface area contributed by atoms with Crippen LogP contribution in [0.15, 0.2) is 47.0 Å². The molecule has 0 atom stereocenters. The number of pyridine rings is 1. The molecule has 14 heteroatoms. The van der Waals surface area contributed by atoms with Crippen molar-refractivity contribution in [2.24, 2.45) is 4.36 Å². The Bertz CT molecular complexity index is 1630. The Labute approximate surface area is 222 Å². The molecule has 1 fully saturated rings. The summed E-state index contributed by atoms with van der Waals surface area (Å²) in [6.07, 6.45) is 0.802. The zero-order chi connectivity index (χ0) is 28.0. The number of halogens is 3. The summed E-state index contributed by atoms with van der Waals surface area (Å²) in [7, 11) is -2.43. The van der Waals surface area contributed by atoms with Crippen molar-refractivity contribution in [2.75, 3.05) is 29.7 Å². The van der Waals surface area contributed by atoms with E-state index in [0.717, 1.165) is 23.3 Å². The minimum absolute atomic E-state index is 0.0506. The van der Waals surface area contributed by atoms with Crippen LogP contribution in [0.2, 0.25) is 0 Å². The van der Waals surface area contributed by atoms with Crippen LogP contribution < -0.4 is 10.6 Å². The van der Waals surface area contributed by atoms with Gasteiger partial charge in [0.1, 0.15) is 17.5 Å². The molecule has 0 radical (unpaired) electrons. The summed E-state index contributed by atoms with van der Waals surface area (Å²) >= 11 is 0. The number of nitrogens with one attached hydrogen (secondary N) is 2. The number of rotatable bonds is 5. The summed E-state index contributed by atoms with van der Waals surface area (Å²) in [6, 6.07) is 12.2. The van der Waals surface area contributed by atoms with Gasteiger partial charge in [0, 0.05) is 46.4 Å². The summed E-state index contributed by atoms with van der Waals surface area (Å²) in [5, 5.41) is 15.5. The van der Waals surface area contributed by atoms with Crippen molar-refractivity contribution in [3.8, 4) is 6.07 Å². The Morgan fingerprint density at radius 2 is 1.95 bits per heavy atom. The normalized spacial score (nSPS) is 15.7. The van der Waals surface area contributed by atoms with E-state index < -0.39 is 27.2 Å². The van der Waals surface area contributed by atoms with E-state index in [1.807, 2.05) is 12.1 Å². The molecule has 10 nitrogen and oxygen atoms in total. The van der Waals surface area contributed by atoms with Crippen LogP contribution in [0.4, 0.5) is 42.3 Å². The number of fused-ring (bicyclic) bond motifs is 2. The summed E-state index contributed by atoms with van der Waals surface area (Å²) < 4.78 is 55.5. The number of carbonyl (C=O) groups is 1. The number of anilines is 4. The average molecular weight is 557 g/mol. The standard InChI is InChI=1S/C25H23F3N8O2S/c1-39(2,38)35-20-5-3-4-19(32-20)33-21-16(11-29)12-30-23(34-21)31-17-6-7-18-15(10-17)13-36(14-24(18)8-9-24)22(37)25(26,27)28/h3-7,10,12H,8-9,13-14H2,1-2H3,(H2,30,31,32,33,34). The molecule has 1 saturated carbocycles. The van der Waals surface area contributed by atoms with E-state index in [1.54, 1.807) is 30.3 Å². The monoisotopic (exact) mass is 556 g/mol. The summed E-state index contributed by atoms with van der Waals surface area (Å²) in [6.45, 7) is -0.101. The van der Waals surface area contributed by atoms with E-state index in [4.69, 9.17) is 0 Å². The number of hydrogen-bond donors (Lipinski definition) is 2. The quantitative estimate of drug-likeness (QED) is 0.468. The van der Waals surface area contributed by atoms with Crippen LogP contribution in [-0.2, 0) is 26.5 Å². The van der Waals surface area contributed by atoms with E-state index >= 15 is 0 Å². The molecule has 1 aliphatic carbocycles. The Morgan fingerprint density at radius 3 is 2.62 bits per heavy atom. The first-order valence-corrected chi connectivity index (χ1v) is 14.1. The molecule has 1 aromatic carbocycles. The third-order valence-corrected chi connectivity index (χ3v) is 7.00. The second kappa shape index (κ2) is 9.49. The number of alkyl halides is 3. The Balaban J connectivity index is 1.40. The van der Waals surface area contributed by atoms with Crippen LogP contribution in [-0.4, -0.2) is 55.2 Å². The van der Waals surface area contributed by atoms with E-state index in [2.05, 4.69) is 29.9 Å². The number of aromatic nitrogens is 3. The number of nitriles is 1. The third-order valence-electron chi connectivity index (χ3n) is 6.37. The van der Waals surface area contributed by atoms with E-state index in [-0.39, 0.29) is 36.2 Å². The van der Waals surface area contributed by atoms with Crippen molar-refractivity contribution in [2.45, 2.75) is 31.0 Å². The molecule has 2 N–H and O–H groups in total. The fourth-order valence-electron chi connectivity index (χ4n) is 4.57. The Morgan fingerprint density at radius 1 is 1.18 bits per heavy atom. The van der Waals surface area contributed by atoms with Crippen molar-refractivity contribution >= 4 is 44.7 Å². The van der Waals surface area contributed by atoms with Crippen LogP contribution in [0.3, 0.4) is 0 Å². The lowest BCUT2D eigenvalue weighted by Crippen LogP contribution is -2.47. The van der Waals surface area contributed by atoms with Gasteiger partial charge in [-0.05, 0) is 48.2 Å². The number of hydrogen-bond acceptors (Lipinski definition) is 9. The van der Waals surface area contributed by atoms with Crippen molar-refractivity contribution in [3.05, 3.63) is 59.3 Å². The zero-order valence-corrected chi connectivity index (χ0v) is 21.7. The largest absolute Gasteiger partial charge is 0.471 e. The molecule has 0 bridgehead atoms. The maximum Gasteiger partial charge on any atom is 0.471 e. The van der Waals surface area contributed by atoms with Gasteiger partial charge in [-0.15, -0.1) is 0 Å². The Kier molecular flexibility index (Phi) is 6.42. The molecule has 2 aromatic heterocycles. The third kappa shape index (κ3) is 5.78. The zero-order valence-electron chi connectivity index (χ0n) is 20.9. The molecule has 1 spiro atoms. The fourth-order valence-corrected chi connectivity index (χ4v) is 5.12.